The van der Waals surface area contributed by atoms with Crippen molar-refractivity contribution in [1.29, 1.82) is 0 Å². The lowest BCUT2D eigenvalue weighted by atomic mass is 9.57. The van der Waals surface area contributed by atoms with Crippen LogP contribution in [0.2, 0.25) is 0 Å². The molecule has 1 saturated carbocycles. The first-order valence-electron chi connectivity index (χ1n) is 10.8. The number of fused-ring (bicyclic) bond motifs is 3. The molecular weight excluding hydrogens is 368 g/mol. The van der Waals surface area contributed by atoms with Crippen LogP contribution in [0.3, 0.4) is 0 Å². The Balaban J connectivity index is 1.48. The summed E-state index contributed by atoms with van der Waals surface area (Å²) in [5.74, 6) is 0.735. The van der Waals surface area contributed by atoms with Gasteiger partial charge in [-0.1, -0.05) is 61.0 Å². The number of aryl methyl sites for hydroxylation is 4. The second-order valence-corrected chi connectivity index (χ2v) is 9.52. The third-order valence-electron chi connectivity index (χ3n) is 7.10. The molecule has 0 radical (unpaired) electrons. The van der Waals surface area contributed by atoms with Gasteiger partial charge >= 0.3 is 0 Å². The lowest BCUT2D eigenvalue weighted by Gasteiger charge is -2.46. The van der Waals surface area contributed by atoms with E-state index in [4.69, 9.17) is 4.42 Å². The highest BCUT2D eigenvalue weighted by molar-refractivity contribution is 6.09. The summed E-state index contributed by atoms with van der Waals surface area (Å²) >= 11 is 0. The van der Waals surface area contributed by atoms with E-state index in [0.29, 0.717) is 5.76 Å². The van der Waals surface area contributed by atoms with Crippen molar-refractivity contribution in [1.82, 2.24) is 0 Å². The largest absolute Gasteiger partial charge is 0.452 e. The molecule has 0 atom stereocenters. The number of ketones is 1. The highest BCUT2D eigenvalue weighted by atomic mass is 16.3. The van der Waals surface area contributed by atoms with Gasteiger partial charge in [-0.15, -0.1) is 0 Å². The van der Waals surface area contributed by atoms with Crippen LogP contribution < -0.4 is 0 Å². The second-order valence-electron chi connectivity index (χ2n) is 9.52. The van der Waals surface area contributed by atoms with Crippen molar-refractivity contribution >= 4 is 27.5 Å². The third kappa shape index (κ3) is 2.74. The summed E-state index contributed by atoms with van der Waals surface area (Å²) in [4.78, 5) is 13.4. The topological polar surface area (TPSA) is 30.2 Å². The zero-order valence-corrected chi connectivity index (χ0v) is 18.4. The van der Waals surface area contributed by atoms with Crippen molar-refractivity contribution in [3.8, 4) is 0 Å². The normalized spacial score (nSPS) is 21.2. The molecule has 0 bridgehead atoms. The Morgan fingerprint density at radius 3 is 2.30 bits per heavy atom. The highest BCUT2D eigenvalue weighted by Crippen LogP contribution is 2.51. The molecule has 2 nitrogen and oxygen atoms in total. The molecule has 0 unspecified atom stereocenters. The molecule has 152 valence electrons. The van der Waals surface area contributed by atoms with Crippen LogP contribution in [-0.4, -0.2) is 5.78 Å². The van der Waals surface area contributed by atoms with Crippen molar-refractivity contribution in [2.24, 2.45) is 5.92 Å². The summed E-state index contributed by atoms with van der Waals surface area (Å²) in [6.07, 6.45) is 1.77. The lowest BCUT2D eigenvalue weighted by molar-refractivity contribution is 0.0704. The molecule has 1 heterocycles. The van der Waals surface area contributed by atoms with Gasteiger partial charge in [-0.3, -0.25) is 4.79 Å². The van der Waals surface area contributed by atoms with Crippen LogP contribution in [0.1, 0.15) is 58.1 Å². The summed E-state index contributed by atoms with van der Waals surface area (Å²) in [6, 6.07) is 16.9. The number of benzene rings is 3. The molecule has 0 amide bonds. The van der Waals surface area contributed by atoms with E-state index in [0.717, 1.165) is 40.1 Å². The van der Waals surface area contributed by atoms with Crippen LogP contribution in [0.5, 0.6) is 0 Å². The molecule has 0 saturated heterocycles. The van der Waals surface area contributed by atoms with Gasteiger partial charge in [0.05, 0.1) is 0 Å². The summed E-state index contributed by atoms with van der Waals surface area (Å²) < 4.78 is 6.22. The maximum atomic E-state index is 13.4. The summed E-state index contributed by atoms with van der Waals surface area (Å²) in [5, 5.41) is 3.25. The van der Waals surface area contributed by atoms with Crippen LogP contribution in [0, 0.1) is 33.6 Å². The Bertz CT molecular complexity index is 1290. The number of hydrogen-bond acceptors (Lipinski definition) is 2. The van der Waals surface area contributed by atoms with E-state index < -0.39 is 0 Å². The molecule has 0 spiro atoms. The molecule has 1 aliphatic rings. The Morgan fingerprint density at radius 1 is 0.933 bits per heavy atom. The third-order valence-corrected chi connectivity index (χ3v) is 7.10. The first-order chi connectivity index (χ1) is 14.3. The van der Waals surface area contributed by atoms with Crippen molar-refractivity contribution < 1.29 is 9.21 Å². The van der Waals surface area contributed by atoms with Gasteiger partial charge in [0.25, 0.3) is 0 Å². The van der Waals surface area contributed by atoms with Crippen LogP contribution in [0.15, 0.2) is 52.9 Å². The molecule has 0 aliphatic heterocycles. The number of rotatable bonds is 3. The van der Waals surface area contributed by atoms with E-state index in [2.05, 4.69) is 64.1 Å². The van der Waals surface area contributed by atoms with Gasteiger partial charge in [0, 0.05) is 22.3 Å². The van der Waals surface area contributed by atoms with Crippen LogP contribution in [-0.2, 0) is 5.41 Å². The first-order valence-corrected chi connectivity index (χ1v) is 10.8. The molecule has 30 heavy (non-hydrogen) atoms. The van der Waals surface area contributed by atoms with Crippen molar-refractivity contribution in [2.45, 2.75) is 52.9 Å². The second kappa shape index (κ2) is 6.57. The fourth-order valence-electron chi connectivity index (χ4n) is 5.92. The quantitative estimate of drug-likeness (QED) is 0.338. The lowest BCUT2D eigenvalue weighted by Crippen LogP contribution is -2.43. The standard InChI is InChI=1S/C28H28O2/c1-16-12-17(2)24(18(3)13-16)28(5)14-21(15-28)25(29)26-19(4)22-11-10-20-8-6-7-9-23(20)27(22)30-26/h6-13,21H,14-15H2,1-5H3. The van der Waals surface area contributed by atoms with E-state index in [-0.39, 0.29) is 17.1 Å². The predicted molar refractivity (Wildman–Crippen MR) is 124 cm³/mol. The molecule has 1 fully saturated rings. The SMILES string of the molecule is Cc1cc(C)c(C2(C)CC(C(=O)c3oc4c(ccc5ccccc54)c3C)C2)c(C)c1. The molecule has 4 aromatic rings. The smallest absolute Gasteiger partial charge is 0.201 e. The van der Waals surface area contributed by atoms with Gasteiger partial charge in [0.1, 0.15) is 5.58 Å². The van der Waals surface area contributed by atoms with Crippen LogP contribution >= 0.6 is 0 Å². The fraction of sp³-hybridized carbons (Fsp3) is 0.321. The van der Waals surface area contributed by atoms with Gasteiger partial charge in [-0.05, 0) is 68.0 Å². The minimum Gasteiger partial charge on any atom is -0.452 e. The van der Waals surface area contributed by atoms with E-state index >= 15 is 0 Å². The molecule has 3 aromatic carbocycles. The fourth-order valence-corrected chi connectivity index (χ4v) is 5.92. The van der Waals surface area contributed by atoms with E-state index in [9.17, 15) is 4.79 Å². The number of Topliss-reactive ketones (excluding diaryl/α,β-unsaturated/α-hetero) is 1. The Kier molecular flexibility index (Phi) is 4.18. The van der Waals surface area contributed by atoms with Gasteiger partial charge in [-0.25, -0.2) is 0 Å². The summed E-state index contributed by atoms with van der Waals surface area (Å²) in [6.45, 7) is 10.9. The zero-order valence-electron chi connectivity index (χ0n) is 18.4. The molecule has 5 rings (SSSR count). The molecular formula is C28H28O2. The maximum absolute atomic E-state index is 13.4. The monoisotopic (exact) mass is 396 g/mol. The zero-order chi connectivity index (χ0) is 21.2. The number of hydrogen-bond donors (Lipinski definition) is 0. The van der Waals surface area contributed by atoms with Gasteiger partial charge in [-0.2, -0.15) is 0 Å². The number of carbonyl (C=O) groups excluding carboxylic acids is 1. The highest BCUT2D eigenvalue weighted by Gasteiger charge is 2.47. The first kappa shape index (κ1) is 19.1. The van der Waals surface area contributed by atoms with Crippen LogP contribution in [0.25, 0.3) is 21.7 Å². The summed E-state index contributed by atoms with van der Waals surface area (Å²) in [7, 11) is 0. The molecule has 0 N–H and O–H groups in total. The predicted octanol–water partition coefficient (Wildman–Crippen LogP) is 7.37. The van der Waals surface area contributed by atoms with E-state index in [1.54, 1.807) is 0 Å². The maximum Gasteiger partial charge on any atom is 0.201 e. The van der Waals surface area contributed by atoms with Crippen molar-refractivity contribution in [2.75, 3.05) is 0 Å². The number of furan rings is 1. The average Bonchev–Trinajstić information content (AvgIpc) is 3.01. The van der Waals surface area contributed by atoms with E-state index in [1.165, 1.54) is 22.3 Å². The molecule has 1 aromatic heterocycles. The summed E-state index contributed by atoms with van der Waals surface area (Å²) in [5.41, 5.74) is 7.27. The van der Waals surface area contributed by atoms with Crippen molar-refractivity contribution in [3.05, 3.63) is 82.1 Å². The Labute approximate surface area is 177 Å². The van der Waals surface area contributed by atoms with Gasteiger partial charge in [0.15, 0.2) is 5.76 Å². The Hall–Kier alpha value is -2.87. The van der Waals surface area contributed by atoms with E-state index in [1.807, 2.05) is 19.1 Å². The Morgan fingerprint density at radius 2 is 1.60 bits per heavy atom. The van der Waals surface area contributed by atoms with Gasteiger partial charge < -0.3 is 4.42 Å². The van der Waals surface area contributed by atoms with Crippen molar-refractivity contribution in [3.63, 3.8) is 0 Å². The van der Waals surface area contributed by atoms with Gasteiger partial charge in [0.2, 0.25) is 5.78 Å². The molecule has 2 heteroatoms. The minimum absolute atomic E-state index is 0.0284. The molecule has 1 aliphatic carbocycles. The van der Waals surface area contributed by atoms with Crippen LogP contribution in [0.4, 0.5) is 0 Å². The number of carbonyl (C=O) groups is 1. The average molecular weight is 397 g/mol. The minimum atomic E-state index is 0.0284.